The van der Waals surface area contributed by atoms with E-state index >= 15 is 0 Å². The van der Waals surface area contributed by atoms with Gasteiger partial charge in [0.25, 0.3) is 0 Å². The highest BCUT2D eigenvalue weighted by atomic mass is 79.9. The van der Waals surface area contributed by atoms with Crippen molar-refractivity contribution in [3.05, 3.63) is 63.1 Å². The Morgan fingerprint density at radius 2 is 1.90 bits per heavy atom. The Labute approximate surface area is 132 Å². The average molecular weight is 356 g/mol. The van der Waals surface area contributed by atoms with E-state index in [0.717, 1.165) is 21.3 Å². The fourth-order valence-corrected chi connectivity index (χ4v) is 2.71. The maximum absolute atomic E-state index is 6.36. The van der Waals surface area contributed by atoms with E-state index in [1.54, 1.807) is 0 Å². The fourth-order valence-electron chi connectivity index (χ4n) is 2.10. The van der Waals surface area contributed by atoms with Gasteiger partial charge in [0.2, 0.25) is 0 Å². The third kappa shape index (κ3) is 3.15. The Kier molecular flexibility index (Phi) is 5.43. The van der Waals surface area contributed by atoms with Gasteiger partial charge in [-0.25, -0.2) is 5.43 Å². The van der Waals surface area contributed by atoms with Crippen LogP contribution in [0.25, 0.3) is 0 Å². The van der Waals surface area contributed by atoms with E-state index in [1.165, 1.54) is 0 Å². The SMILES string of the molecule is CCOc1ccccc1C(NN)c1cccc(Br)c1Cl. The summed E-state index contributed by atoms with van der Waals surface area (Å²) < 4.78 is 6.50. The van der Waals surface area contributed by atoms with Gasteiger partial charge in [-0.05, 0) is 40.5 Å². The maximum Gasteiger partial charge on any atom is 0.124 e. The lowest BCUT2D eigenvalue weighted by molar-refractivity contribution is 0.333. The maximum atomic E-state index is 6.36. The summed E-state index contributed by atoms with van der Waals surface area (Å²) in [6, 6.07) is 13.3. The molecule has 0 bridgehead atoms. The topological polar surface area (TPSA) is 47.3 Å². The second-order valence-electron chi connectivity index (χ2n) is 4.21. The number of hydrazine groups is 1. The first-order valence-electron chi connectivity index (χ1n) is 6.30. The van der Waals surface area contributed by atoms with Crippen molar-refractivity contribution < 1.29 is 4.74 Å². The molecule has 2 aromatic rings. The van der Waals surface area contributed by atoms with Crippen molar-refractivity contribution in [2.24, 2.45) is 5.84 Å². The van der Waals surface area contributed by atoms with Crippen molar-refractivity contribution in [1.82, 2.24) is 5.43 Å². The van der Waals surface area contributed by atoms with Crippen molar-refractivity contribution in [2.75, 3.05) is 6.61 Å². The molecule has 0 aromatic heterocycles. The first-order valence-corrected chi connectivity index (χ1v) is 7.47. The van der Waals surface area contributed by atoms with Crippen molar-refractivity contribution in [3.8, 4) is 5.75 Å². The summed E-state index contributed by atoms with van der Waals surface area (Å²) in [6.07, 6.45) is 0. The summed E-state index contributed by atoms with van der Waals surface area (Å²) in [7, 11) is 0. The molecule has 3 N–H and O–H groups in total. The highest BCUT2D eigenvalue weighted by Crippen LogP contribution is 2.36. The van der Waals surface area contributed by atoms with Crippen molar-refractivity contribution >= 4 is 27.5 Å². The number of para-hydroxylation sites is 1. The molecule has 5 heteroatoms. The fraction of sp³-hybridized carbons (Fsp3) is 0.200. The highest BCUT2D eigenvalue weighted by Gasteiger charge is 2.20. The van der Waals surface area contributed by atoms with Gasteiger partial charge in [-0.15, -0.1) is 0 Å². The average Bonchev–Trinajstić information content (AvgIpc) is 2.46. The van der Waals surface area contributed by atoms with Gasteiger partial charge in [-0.1, -0.05) is 41.9 Å². The van der Waals surface area contributed by atoms with Crippen molar-refractivity contribution in [3.63, 3.8) is 0 Å². The number of benzene rings is 2. The highest BCUT2D eigenvalue weighted by molar-refractivity contribution is 9.10. The third-order valence-corrected chi connectivity index (χ3v) is 4.30. The summed E-state index contributed by atoms with van der Waals surface area (Å²) in [5.41, 5.74) is 4.67. The molecule has 2 aromatic carbocycles. The zero-order valence-electron chi connectivity index (χ0n) is 11.1. The van der Waals surface area contributed by atoms with Crippen LogP contribution in [0.5, 0.6) is 5.75 Å². The van der Waals surface area contributed by atoms with Gasteiger partial charge < -0.3 is 4.74 Å². The summed E-state index contributed by atoms with van der Waals surface area (Å²) in [5.74, 6) is 6.54. The Bertz CT molecular complexity index is 592. The van der Waals surface area contributed by atoms with Crippen LogP contribution in [-0.4, -0.2) is 6.61 Å². The molecular formula is C15H16BrClN2O. The number of ether oxygens (including phenoxy) is 1. The number of nitrogens with two attached hydrogens (primary N) is 1. The molecule has 0 spiro atoms. The Hall–Kier alpha value is -1.07. The molecule has 0 aliphatic carbocycles. The number of hydrogen-bond donors (Lipinski definition) is 2. The number of hydrogen-bond acceptors (Lipinski definition) is 3. The number of halogens is 2. The van der Waals surface area contributed by atoms with E-state index in [9.17, 15) is 0 Å². The molecule has 0 fully saturated rings. The molecule has 1 unspecified atom stereocenters. The lowest BCUT2D eigenvalue weighted by Gasteiger charge is -2.21. The van der Waals surface area contributed by atoms with Crippen LogP contribution in [0.1, 0.15) is 24.1 Å². The van der Waals surface area contributed by atoms with Crippen LogP contribution >= 0.6 is 27.5 Å². The van der Waals surface area contributed by atoms with E-state index < -0.39 is 0 Å². The first kappa shape index (κ1) is 15.3. The standard InChI is InChI=1S/C15H16BrClN2O/c1-2-20-13-9-4-3-6-10(13)15(19-18)11-7-5-8-12(16)14(11)17/h3-9,15,19H,2,18H2,1H3. The molecule has 0 radical (unpaired) electrons. The minimum atomic E-state index is -0.234. The number of nitrogens with one attached hydrogen (secondary N) is 1. The van der Waals surface area contributed by atoms with E-state index in [-0.39, 0.29) is 6.04 Å². The molecule has 106 valence electrons. The Morgan fingerprint density at radius 3 is 2.60 bits per heavy atom. The molecule has 3 nitrogen and oxygen atoms in total. The molecule has 0 saturated carbocycles. The molecular weight excluding hydrogens is 340 g/mol. The Balaban J connectivity index is 2.50. The van der Waals surface area contributed by atoms with Gasteiger partial charge in [0, 0.05) is 10.0 Å². The lowest BCUT2D eigenvalue weighted by atomic mass is 9.98. The van der Waals surface area contributed by atoms with Crippen LogP contribution in [-0.2, 0) is 0 Å². The zero-order chi connectivity index (χ0) is 14.5. The van der Waals surface area contributed by atoms with E-state index in [0.29, 0.717) is 11.6 Å². The van der Waals surface area contributed by atoms with Crippen LogP contribution in [0.3, 0.4) is 0 Å². The van der Waals surface area contributed by atoms with E-state index in [2.05, 4.69) is 21.4 Å². The first-order chi connectivity index (χ1) is 9.69. The van der Waals surface area contributed by atoms with E-state index in [1.807, 2.05) is 49.4 Å². The quantitative estimate of drug-likeness (QED) is 0.628. The molecule has 2 rings (SSSR count). The minimum absolute atomic E-state index is 0.234. The molecule has 0 heterocycles. The van der Waals surface area contributed by atoms with Gasteiger partial charge in [-0.2, -0.15) is 0 Å². The second kappa shape index (κ2) is 7.09. The van der Waals surface area contributed by atoms with Crippen LogP contribution in [0.2, 0.25) is 5.02 Å². The molecule has 20 heavy (non-hydrogen) atoms. The van der Waals surface area contributed by atoms with Gasteiger partial charge in [0.1, 0.15) is 5.75 Å². The summed E-state index contributed by atoms with van der Waals surface area (Å²) in [6.45, 7) is 2.55. The second-order valence-corrected chi connectivity index (χ2v) is 5.45. The smallest absolute Gasteiger partial charge is 0.124 e. The normalized spacial score (nSPS) is 12.2. The van der Waals surface area contributed by atoms with Crippen LogP contribution in [0.4, 0.5) is 0 Å². The van der Waals surface area contributed by atoms with Crippen molar-refractivity contribution in [2.45, 2.75) is 13.0 Å². The monoisotopic (exact) mass is 354 g/mol. The summed E-state index contributed by atoms with van der Waals surface area (Å²) in [5, 5.41) is 0.641. The van der Waals surface area contributed by atoms with Gasteiger partial charge in [0.15, 0.2) is 0 Å². The molecule has 1 atom stereocenters. The Morgan fingerprint density at radius 1 is 1.20 bits per heavy atom. The van der Waals surface area contributed by atoms with E-state index in [4.69, 9.17) is 22.2 Å². The minimum Gasteiger partial charge on any atom is -0.494 e. The molecule has 0 saturated heterocycles. The molecule has 0 amide bonds. The third-order valence-electron chi connectivity index (χ3n) is 2.99. The zero-order valence-corrected chi connectivity index (χ0v) is 13.4. The van der Waals surface area contributed by atoms with Crippen LogP contribution < -0.4 is 16.0 Å². The lowest BCUT2D eigenvalue weighted by Crippen LogP contribution is -2.29. The predicted molar refractivity (Wildman–Crippen MR) is 85.9 cm³/mol. The predicted octanol–water partition coefficient (Wildman–Crippen LogP) is 4.05. The molecule has 0 aliphatic heterocycles. The van der Waals surface area contributed by atoms with Gasteiger partial charge >= 0.3 is 0 Å². The largest absolute Gasteiger partial charge is 0.494 e. The summed E-state index contributed by atoms with van der Waals surface area (Å²) >= 11 is 9.80. The van der Waals surface area contributed by atoms with Crippen LogP contribution in [0, 0.1) is 0 Å². The van der Waals surface area contributed by atoms with Crippen molar-refractivity contribution in [1.29, 1.82) is 0 Å². The van der Waals surface area contributed by atoms with Crippen LogP contribution in [0.15, 0.2) is 46.9 Å². The van der Waals surface area contributed by atoms with Gasteiger partial charge in [-0.3, -0.25) is 5.84 Å². The summed E-state index contributed by atoms with van der Waals surface area (Å²) in [4.78, 5) is 0. The van der Waals surface area contributed by atoms with Gasteiger partial charge in [0.05, 0.1) is 17.7 Å². The number of rotatable bonds is 5. The molecule has 0 aliphatic rings.